The number of aliphatic hydroxyl groups is 1. The first-order valence-electron chi connectivity index (χ1n) is 6.14. The molecule has 0 bridgehead atoms. The summed E-state index contributed by atoms with van der Waals surface area (Å²) in [6.07, 6.45) is 4.94. The van der Waals surface area contributed by atoms with E-state index in [9.17, 15) is 5.11 Å². The first-order valence-corrected chi connectivity index (χ1v) is 6.14. The molecule has 88 valence electrons. The van der Waals surface area contributed by atoms with Crippen LogP contribution in [0.4, 0.5) is 0 Å². The Morgan fingerprint density at radius 2 is 2.20 bits per heavy atom. The highest BCUT2D eigenvalue weighted by Gasteiger charge is 2.36. The van der Waals surface area contributed by atoms with Gasteiger partial charge in [0.05, 0.1) is 12.7 Å². The minimum Gasteiger partial charge on any atom is -0.389 e. The van der Waals surface area contributed by atoms with E-state index in [4.69, 9.17) is 4.74 Å². The van der Waals surface area contributed by atoms with Crippen LogP contribution in [0.25, 0.3) is 0 Å². The topological polar surface area (TPSA) is 41.5 Å². The summed E-state index contributed by atoms with van der Waals surface area (Å²) in [5.74, 6) is 0.788. The van der Waals surface area contributed by atoms with Crippen molar-refractivity contribution in [3.63, 3.8) is 0 Å². The quantitative estimate of drug-likeness (QED) is 0.636. The van der Waals surface area contributed by atoms with Crippen LogP contribution in [0.5, 0.6) is 0 Å². The predicted molar refractivity (Wildman–Crippen MR) is 59.8 cm³/mol. The molecule has 1 atom stereocenters. The van der Waals surface area contributed by atoms with Gasteiger partial charge in [-0.1, -0.05) is 6.92 Å². The van der Waals surface area contributed by atoms with Gasteiger partial charge in [-0.15, -0.1) is 0 Å². The van der Waals surface area contributed by atoms with Crippen molar-refractivity contribution in [3.8, 4) is 0 Å². The van der Waals surface area contributed by atoms with Crippen molar-refractivity contribution in [1.29, 1.82) is 0 Å². The molecular formula is C12H23NO2. The average Bonchev–Trinajstić information content (AvgIpc) is 3.05. The molecule has 3 heteroatoms. The van der Waals surface area contributed by atoms with Crippen molar-refractivity contribution in [2.24, 2.45) is 11.3 Å². The van der Waals surface area contributed by atoms with Crippen LogP contribution in [-0.2, 0) is 4.74 Å². The smallest absolute Gasteiger partial charge is 0.0897 e. The fourth-order valence-electron chi connectivity index (χ4n) is 1.64. The summed E-state index contributed by atoms with van der Waals surface area (Å²) in [6.45, 7) is 5.32. The van der Waals surface area contributed by atoms with E-state index in [1.54, 1.807) is 0 Å². The molecule has 0 aliphatic heterocycles. The molecule has 2 saturated carbocycles. The van der Waals surface area contributed by atoms with Crippen LogP contribution >= 0.6 is 0 Å². The highest BCUT2D eigenvalue weighted by atomic mass is 16.5. The van der Waals surface area contributed by atoms with Crippen LogP contribution in [-0.4, -0.2) is 37.5 Å². The molecule has 0 aromatic heterocycles. The zero-order valence-corrected chi connectivity index (χ0v) is 9.67. The van der Waals surface area contributed by atoms with E-state index in [2.05, 4.69) is 12.2 Å². The van der Waals surface area contributed by atoms with Crippen molar-refractivity contribution < 1.29 is 9.84 Å². The van der Waals surface area contributed by atoms with E-state index >= 15 is 0 Å². The molecule has 2 aliphatic carbocycles. The minimum atomic E-state index is -0.342. The summed E-state index contributed by atoms with van der Waals surface area (Å²) < 4.78 is 5.43. The number of aliphatic hydroxyl groups excluding tert-OH is 1. The molecule has 0 aromatic carbocycles. The van der Waals surface area contributed by atoms with Gasteiger partial charge in [0.1, 0.15) is 0 Å². The Bertz CT molecular complexity index is 200. The second kappa shape index (κ2) is 4.81. The zero-order chi connectivity index (χ0) is 10.7. The molecule has 2 fully saturated rings. The van der Waals surface area contributed by atoms with Gasteiger partial charge in [0, 0.05) is 19.7 Å². The molecule has 0 aromatic rings. The van der Waals surface area contributed by atoms with Crippen molar-refractivity contribution in [3.05, 3.63) is 0 Å². The third-order valence-corrected chi connectivity index (χ3v) is 3.40. The van der Waals surface area contributed by atoms with E-state index < -0.39 is 0 Å². The summed E-state index contributed by atoms with van der Waals surface area (Å²) in [4.78, 5) is 0. The van der Waals surface area contributed by atoms with Gasteiger partial charge in [0.15, 0.2) is 0 Å². The largest absolute Gasteiger partial charge is 0.389 e. The number of ether oxygens (including phenoxy) is 1. The average molecular weight is 213 g/mol. The molecule has 1 unspecified atom stereocenters. The van der Waals surface area contributed by atoms with E-state index in [1.807, 2.05) is 0 Å². The Morgan fingerprint density at radius 3 is 2.80 bits per heavy atom. The fraction of sp³-hybridized carbons (Fsp3) is 1.00. The predicted octanol–water partition coefficient (Wildman–Crippen LogP) is 1.16. The lowest BCUT2D eigenvalue weighted by atomic mass is 10.1. The van der Waals surface area contributed by atoms with Gasteiger partial charge in [-0.3, -0.25) is 0 Å². The number of nitrogens with one attached hydrogen (secondary N) is 1. The van der Waals surface area contributed by atoms with Crippen molar-refractivity contribution in [1.82, 2.24) is 5.32 Å². The molecule has 3 nitrogen and oxygen atoms in total. The third kappa shape index (κ3) is 4.49. The maximum atomic E-state index is 9.61. The van der Waals surface area contributed by atoms with Gasteiger partial charge in [-0.2, -0.15) is 0 Å². The molecule has 0 heterocycles. The number of hydrogen-bond acceptors (Lipinski definition) is 3. The lowest BCUT2D eigenvalue weighted by Gasteiger charge is -2.14. The molecule has 0 radical (unpaired) electrons. The molecule has 0 amide bonds. The first-order chi connectivity index (χ1) is 7.18. The summed E-state index contributed by atoms with van der Waals surface area (Å²) in [5.41, 5.74) is 0.522. The van der Waals surface area contributed by atoms with Gasteiger partial charge in [-0.25, -0.2) is 0 Å². The number of hydrogen-bond donors (Lipinski definition) is 2. The summed E-state index contributed by atoms with van der Waals surface area (Å²) in [6, 6.07) is 0. The lowest BCUT2D eigenvalue weighted by molar-refractivity contribution is 0.0321. The molecule has 2 rings (SSSR count). The van der Waals surface area contributed by atoms with Gasteiger partial charge in [-0.05, 0) is 37.0 Å². The number of rotatable bonds is 8. The lowest BCUT2D eigenvalue weighted by Crippen LogP contribution is -2.33. The van der Waals surface area contributed by atoms with E-state index in [0.717, 1.165) is 19.1 Å². The maximum Gasteiger partial charge on any atom is 0.0897 e. The Hall–Kier alpha value is -0.120. The van der Waals surface area contributed by atoms with Gasteiger partial charge < -0.3 is 15.2 Å². The summed E-state index contributed by atoms with van der Waals surface area (Å²) in [7, 11) is 0. The third-order valence-electron chi connectivity index (χ3n) is 3.40. The van der Waals surface area contributed by atoms with E-state index in [1.165, 1.54) is 25.7 Å². The Balaban J connectivity index is 1.42. The second-order valence-electron chi connectivity index (χ2n) is 5.58. The van der Waals surface area contributed by atoms with Crippen LogP contribution in [0.15, 0.2) is 0 Å². The Morgan fingerprint density at radius 1 is 1.47 bits per heavy atom. The van der Waals surface area contributed by atoms with Crippen molar-refractivity contribution in [2.75, 3.05) is 26.3 Å². The van der Waals surface area contributed by atoms with Crippen LogP contribution < -0.4 is 5.32 Å². The van der Waals surface area contributed by atoms with Gasteiger partial charge >= 0.3 is 0 Å². The van der Waals surface area contributed by atoms with Gasteiger partial charge in [0.25, 0.3) is 0 Å². The normalized spacial score (nSPS) is 25.2. The molecule has 0 spiro atoms. The molecule has 2 aliphatic rings. The second-order valence-corrected chi connectivity index (χ2v) is 5.58. The monoisotopic (exact) mass is 213 g/mol. The SMILES string of the molecule is CC1(CNCC(O)COCC2CC2)CC1. The van der Waals surface area contributed by atoms with Gasteiger partial charge in [0.2, 0.25) is 0 Å². The fourth-order valence-corrected chi connectivity index (χ4v) is 1.64. The maximum absolute atomic E-state index is 9.61. The van der Waals surface area contributed by atoms with E-state index in [-0.39, 0.29) is 6.10 Å². The summed E-state index contributed by atoms with van der Waals surface area (Å²) in [5, 5.41) is 12.9. The van der Waals surface area contributed by atoms with Crippen LogP contribution in [0.1, 0.15) is 32.6 Å². The molecule has 0 saturated heterocycles. The van der Waals surface area contributed by atoms with Crippen LogP contribution in [0.2, 0.25) is 0 Å². The van der Waals surface area contributed by atoms with Crippen LogP contribution in [0.3, 0.4) is 0 Å². The highest BCUT2D eigenvalue weighted by Crippen LogP contribution is 2.43. The standard InChI is InChI=1S/C12H23NO2/c1-12(4-5-12)9-13-6-11(14)8-15-7-10-2-3-10/h10-11,13-14H,2-9H2,1H3. The van der Waals surface area contributed by atoms with Crippen LogP contribution in [0, 0.1) is 11.3 Å². The zero-order valence-electron chi connectivity index (χ0n) is 9.67. The Labute approximate surface area is 92.2 Å². The molecular weight excluding hydrogens is 190 g/mol. The molecule has 2 N–H and O–H groups in total. The van der Waals surface area contributed by atoms with E-state index in [0.29, 0.717) is 18.6 Å². The van der Waals surface area contributed by atoms with Crippen molar-refractivity contribution in [2.45, 2.75) is 38.7 Å². The Kier molecular flexibility index (Phi) is 3.65. The van der Waals surface area contributed by atoms with Crippen molar-refractivity contribution >= 4 is 0 Å². The molecule has 15 heavy (non-hydrogen) atoms. The first kappa shape index (κ1) is 11.4. The highest BCUT2D eigenvalue weighted by molar-refractivity contribution is 4.90. The summed E-state index contributed by atoms with van der Waals surface area (Å²) >= 11 is 0. The minimum absolute atomic E-state index is 0.342.